The molecule has 0 amide bonds. The van der Waals surface area contributed by atoms with E-state index in [0.29, 0.717) is 28.1 Å². The first-order valence-corrected chi connectivity index (χ1v) is 6.73. The summed E-state index contributed by atoms with van der Waals surface area (Å²) in [5, 5.41) is 8.51. The van der Waals surface area contributed by atoms with Crippen LogP contribution in [0.5, 0.6) is 5.75 Å². The molecule has 5 nitrogen and oxygen atoms in total. The van der Waals surface area contributed by atoms with E-state index in [2.05, 4.69) is 15.2 Å². The van der Waals surface area contributed by atoms with Gasteiger partial charge < -0.3 is 9.15 Å². The van der Waals surface area contributed by atoms with E-state index in [1.54, 1.807) is 12.3 Å². The SMILES string of the molecule is Cc1ncccc1OCc1nnc(-c2ccccc2Cl)o1. The first-order chi connectivity index (χ1) is 10.2. The topological polar surface area (TPSA) is 61.0 Å². The van der Waals surface area contributed by atoms with E-state index < -0.39 is 0 Å². The molecule has 3 rings (SSSR count). The fourth-order valence-corrected chi connectivity index (χ4v) is 2.03. The molecule has 2 aromatic heterocycles. The molecule has 2 heterocycles. The van der Waals surface area contributed by atoms with Gasteiger partial charge in [0.2, 0.25) is 5.89 Å². The maximum Gasteiger partial charge on any atom is 0.254 e. The standard InChI is InChI=1S/C15H12ClN3O2/c1-10-13(7-4-8-17-10)20-9-14-18-19-15(21-14)11-5-2-3-6-12(11)16/h2-8H,9H2,1H3. The molecular weight excluding hydrogens is 290 g/mol. The van der Waals surface area contributed by atoms with Crippen molar-refractivity contribution in [1.82, 2.24) is 15.2 Å². The zero-order valence-electron chi connectivity index (χ0n) is 11.3. The first kappa shape index (κ1) is 13.6. The zero-order valence-corrected chi connectivity index (χ0v) is 12.0. The molecule has 0 spiro atoms. The van der Waals surface area contributed by atoms with E-state index in [0.717, 1.165) is 5.69 Å². The molecule has 0 aliphatic heterocycles. The molecule has 0 saturated carbocycles. The van der Waals surface area contributed by atoms with E-state index >= 15 is 0 Å². The second-order valence-corrected chi connectivity index (χ2v) is 4.76. The Kier molecular flexibility index (Phi) is 3.83. The van der Waals surface area contributed by atoms with Crippen LogP contribution in [0.15, 0.2) is 47.0 Å². The van der Waals surface area contributed by atoms with Crippen LogP contribution in [0.1, 0.15) is 11.6 Å². The van der Waals surface area contributed by atoms with Crippen LogP contribution in [0, 0.1) is 6.92 Å². The van der Waals surface area contributed by atoms with Crippen molar-refractivity contribution < 1.29 is 9.15 Å². The van der Waals surface area contributed by atoms with E-state index in [1.165, 1.54) is 0 Å². The van der Waals surface area contributed by atoms with Crippen molar-refractivity contribution in [2.75, 3.05) is 0 Å². The lowest BCUT2D eigenvalue weighted by molar-refractivity contribution is 0.262. The lowest BCUT2D eigenvalue weighted by Gasteiger charge is -2.04. The molecule has 0 bridgehead atoms. The summed E-state index contributed by atoms with van der Waals surface area (Å²) in [5.41, 5.74) is 1.51. The Balaban J connectivity index is 1.74. The summed E-state index contributed by atoms with van der Waals surface area (Å²) in [5.74, 6) is 1.45. The molecule has 106 valence electrons. The summed E-state index contributed by atoms with van der Waals surface area (Å²) in [4.78, 5) is 4.15. The number of hydrogen-bond acceptors (Lipinski definition) is 5. The number of pyridine rings is 1. The fraction of sp³-hybridized carbons (Fsp3) is 0.133. The van der Waals surface area contributed by atoms with Crippen molar-refractivity contribution in [3.05, 3.63) is 59.2 Å². The minimum Gasteiger partial charge on any atom is -0.482 e. The van der Waals surface area contributed by atoms with Crippen LogP contribution in [0.2, 0.25) is 5.02 Å². The number of halogens is 1. The lowest BCUT2D eigenvalue weighted by atomic mass is 10.2. The fourth-order valence-electron chi connectivity index (χ4n) is 1.82. The summed E-state index contributed by atoms with van der Waals surface area (Å²) in [7, 11) is 0. The van der Waals surface area contributed by atoms with Gasteiger partial charge in [-0.05, 0) is 31.2 Å². The third-order valence-corrected chi connectivity index (χ3v) is 3.21. The molecule has 1 aromatic carbocycles. The van der Waals surface area contributed by atoms with E-state index in [-0.39, 0.29) is 6.61 Å². The molecule has 21 heavy (non-hydrogen) atoms. The maximum absolute atomic E-state index is 6.09. The van der Waals surface area contributed by atoms with Crippen molar-refractivity contribution in [2.24, 2.45) is 0 Å². The maximum atomic E-state index is 6.09. The average Bonchev–Trinajstić information content (AvgIpc) is 2.96. The van der Waals surface area contributed by atoms with Crippen molar-refractivity contribution in [1.29, 1.82) is 0 Å². The summed E-state index contributed by atoms with van der Waals surface area (Å²) < 4.78 is 11.2. The average molecular weight is 302 g/mol. The highest BCUT2D eigenvalue weighted by atomic mass is 35.5. The van der Waals surface area contributed by atoms with Crippen molar-refractivity contribution >= 4 is 11.6 Å². The van der Waals surface area contributed by atoms with Crippen molar-refractivity contribution in [3.63, 3.8) is 0 Å². The van der Waals surface area contributed by atoms with Crippen molar-refractivity contribution in [2.45, 2.75) is 13.5 Å². The molecule has 0 fully saturated rings. The van der Waals surface area contributed by atoms with Gasteiger partial charge in [-0.25, -0.2) is 0 Å². The highest BCUT2D eigenvalue weighted by Gasteiger charge is 2.12. The second-order valence-electron chi connectivity index (χ2n) is 4.36. The number of aromatic nitrogens is 3. The minimum atomic E-state index is 0.185. The van der Waals surface area contributed by atoms with Crippen LogP contribution < -0.4 is 4.74 Å². The van der Waals surface area contributed by atoms with Gasteiger partial charge in [-0.3, -0.25) is 4.98 Å². The van der Waals surface area contributed by atoms with Gasteiger partial charge in [0.05, 0.1) is 16.3 Å². The number of hydrogen-bond donors (Lipinski definition) is 0. The Hall–Kier alpha value is -2.40. The smallest absolute Gasteiger partial charge is 0.254 e. The summed E-state index contributed by atoms with van der Waals surface area (Å²) in [6, 6.07) is 11.0. The molecule has 0 saturated heterocycles. The number of aryl methyl sites for hydroxylation is 1. The first-order valence-electron chi connectivity index (χ1n) is 6.36. The predicted molar refractivity (Wildman–Crippen MR) is 78.1 cm³/mol. The van der Waals surface area contributed by atoms with Crippen molar-refractivity contribution in [3.8, 4) is 17.2 Å². The molecule has 0 unspecified atom stereocenters. The third kappa shape index (κ3) is 3.03. The van der Waals surface area contributed by atoms with E-state index in [4.69, 9.17) is 20.8 Å². The van der Waals surface area contributed by atoms with Gasteiger partial charge in [0.1, 0.15) is 5.75 Å². The largest absolute Gasteiger partial charge is 0.482 e. The normalized spacial score (nSPS) is 10.6. The highest BCUT2D eigenvalue weighted by molar-refractivity contribution is 6.33. The van der Waals surface area contributed by atoms with Gasteiger partial charge in [0.25, 0.3) is 5.89 Å². The monoisotopic (exact) mass is 301 g/mol. The van der Waals surface area contributed by atoms with Gasteiger partial charge in [-0.15, -0.1) is 10.2 Å². The van der Waals surface area contributed by atoms with Gasteiger partial charge in [-0.1, -0.05) is 23.7 Å². The summed E-state index contributed by atoms with van der Waals surface area (Å²) >= 11 is 6.09. The quantitative estimate of drug-likeness (QED) is 0.735. The summed E-state index contributed by atoms with van der Waals surface area (Å²) in [6.07, 6.45) is 1.71. The van der Waals surface area contributed by atoms with Crippen LogP contribution >= 0.6 is 11.6 Å². The number of benzene rings is 1. The predicted octanol–water partition coefficient (Wildman–Crippen LogP) is 3.67. The number of nitrogens with zero attached hydrogens (tertiary/aromatic N) is 3. The Morgan fingerprint density at radius 2 is 2.00 bits per heavy atom. The third-order valence-electron chi connectivity index (χ3n) is 2.88. The Morgan fingerprint density at radius 1 is 1.14 bits per heavy atom. The Labute approximate surface area is 126 Å². The Morgan fingerprint density at radius 3 is 2.81 bits per heavy atom. The molecule has 3 aromatic rings. The molecule has 0 aliphatic rings. The van der Waals surface area contributed by atoms with Crippen LogP contribution in [0.4, 0.5) is 0 Å². The molecule has 6 heteroatoms. The van der Waals surface area contributed by atoms with Gasteiger partial charge >= 0.3 is 0 Å². The Bertz CT molecular complexity index is 758. The van der Waals surface area contributed by atoms with Gasteiger partial charge in [0, 0.05) is 6.20 Å². The minimum absolute atomic E-state index is 0.185. The second kappa shape index (κ2) is 5.93. The van der Waals surface area contributed by atoms with Crippen LogP contribution in [-0.2, 0) is 6.61 Å². The highest BCUT2D eigenvalue weighted by Crippen LogP contribution is 2.26. The van der Waals surface area contributed by atoms with Gasteiger partial charge in [0.15, 0.2) is 6.61 Å². The number of ether oxygens (including phenoxy) is 1. The van der Waals surface area contributed by atoms with E-state index in [1.807, 2.05) is 37.3 Å². The van der Waals surface area contributed by atoms with Crippen LogP contribution in [-0.4, -0.2) is 15.2 Å². The molecular formula is C15H12ClN3O2. The van der Waals surface area contributed by atoms with Crippen LogP contribution in [0.25, 0.3) is 11.5 Å². The molecule has 0 N–H and O–H groups in total. The van der Waals surface area contributed by atoms with Gasteiger partial charge in [-0.2, -0.15) is 0 Å². The zero-order chi connectivity index (χ0) is 14.7. The number of rotatable bonds is 4. The lowest BCUT2D eigenvalue weighted by Crippen LogP contribution is -1.98. The van der Waals surface area contributed by atoms with E-state index in [9.17, 15) is 0 Å². The molecule has 0 atom stereocenters. The van der Waals surface area contributed by atoms with Crippen LogP contribution in [0.3, 0.4) is 0 Å². The molecule has 0 aliphatic carbocycles. The molecule has 0 radical (unpaired) electrons. The summed E-state index contributed by atoms with van der Waals surface area (Å²) in [6.45, 7) is 2.06.